The summed E-state index contributed by atoms with van der Waals surface area (Å²) in [7, 11) is 0. The maximum Gasteiger partial charge on any atom is 0.256 e. The Hall–Kier alpha value is -3.25. The van der Waals surface area contributed by atoms with Crippen molar-refractivity contribution in [2.24, 2.45) is 0 Å². The summed E-state index contributed by atoms with van der Waals surface area (Å²) in [6, 6.07) is 11.6. The molecule has 4 aromatic rings. The summed E-state index contributed by atoms with van der Waals surface area (Å²) in [4.78, 5) is 19.7. The van der Waals surface area contributed by atoms with Crippen LogP contribution >= 0.6 is 0 Å². The van der Waals surface area contributed by atoms with Crippen LogP contribution < -0.4 is 10.9 Å². The standard InChI is InChI=1S/C21H18FN3O2/c1-11-3-4-13(12(2)26)9-18(11)25-20-15-7-8-23-21(27)19(15)16-10-14(22)5-6-17(16)24-20/h3-10,12,26H,1-2H3,(H,23,27)(H,24,25). The van der Waals surface area contributed by atoms with Gasteiger partial charge in [-0.2, -0.15) is 0 Å². The molecule has 0 saturated carbocycles. The molecule has 2 aromatic heterocycles. The van der Waals surface area contributed by atoms with E-state index in [1.165, 1.54) is 12.1 Å². The molecule has 1 atom stereocenters. The molecule has 1 unspecified atom stereocenters. The van der Waals surface area contributed by atoms with Gasteiger partial charge in [-0.1, -0.05) is 12.1 Å². The number of halogens is 1. The first-order valence-electron chi connectivity index (χ1n) is 8.60. The number of nitrogens with zero attached hydrogens (tertiary/aromatic N) is 1. The molecule has 6 heteroatoms. The number of pyridine rings is 2. The molecular formula is C21H18FN3O2. The highest BCUT2D eigenvalue weighted by Crippen LogP contribution is 2.31. The molecule has 2 heterocycles. The second-order valence-electron chi connectivity index (χ2n) is 6.59. The van der Waals surface area contributed by atoms with Crippen LogP contribution in [0.2, 0.25) is 0 Å². The third kappa shape index (κ3) is 3.04. The Kier molecular flexibility index (Phi) is 4.12. The average molecular weight is 363 g/mol. The van der Waals surface area contributed by atoms with Crippen molar-refractivity contribution < 1.29 is 9.50 Å². The van der Waals surface area contributed by atoms with E-state index < -0.39 is 11.9 Å². The van der Waals surface area contributed by atoms with Crippen molar-refractivity contribution in [1.29, 1.82) is 0 Å². The zero-order valence-corrected chi connectivity index (χ0v) is 14.9. The molecular weight excluding hydrogens is 345 g/mol. The van der Waals surface area contributed by atoms with Crippen molar-refractivity contribution in [1.82, 2.24) is 9.97 Å². The van der Waals surface area contributed by atoms with Gasteiger partial charge < -0.3 is 15.4 Å². The second kappa shape index (κ2) is 6.48. The van der Waals surface area contributed by atoms with Gasteiger partial charge >= 0.3 is 0 Å². The third-order valence-corrected chi connectivity index (χ3v) is 4.67. The fourth-order valence-corrected chi connectivity index (χ4v) is 3.19. The Morgan fingerprint density at radius 3 is 2.74 bits per heavy atom. The Balaban J connectivity index is 1.97. The lowest BCUT2D eigenvalue weighted by Crippen LogP contribution is -2.08. The molecule has 3 N–H and O–H groups in total. The van der Waals surface area contributed by atoms with E-state index >= 15 is 0 Å². The van der Waals surface area contributed by atoms with Crippen LogP contribution in [0.5, 0.6) is 0 Å². The van der Waals surface area contributed by atoms with E-state index in [1.807, 2.05) is 25.1 Å². The molecule has 0 saturated heterocycles. The van der Waals surface area contributed by atoms with Crippen LogP contribution in [-0.2, 0) is 0 Å². The van der Waals surface area contributed by atoms with Crippen molar-refractivity contribution in [3.8, 4) is 0 Å². The van der Waals surface area contributed by atoms with E-state index in [2.05, 4.69) is 15.3 Å². The van der Waals surface area contributed by atoms with Gasteiger partial charge in [0.25, 0.3) is 5.56 Å². The number of benzene rings is 2. The van der Waals surface area contributed by atoms with Crippen molar-refractivity contribution in [3.63, 3.8) is 0 Å². The van der Waals surface area contributed by atoms with Crippen LogP contribution in [0.3, 0.4) is 0 Å². The number of hydrogen-bond acceptors (Lipinski definition) is 4. The highest BCUT2D eigenvalue weighted by atomic mass is 19.1. The number of aliphatic hydroxyl groups excluding tert-OH is 1. The van der Waals surface area contributed by atoms with Crippen LogP contribution in [0.4, 0.5) is 15.9 Å². The smallest absolute Gasteiger partial charge is 0.256 e. The summed E-state index contributed by atoms with van der Waals surface area (Å²) in [5.41, 5.74) is 2.74. The number of aliphatic hydroxyl groups is 1. The zero-order chi connectivity index (χ0) is 19.1. The minimum absolute atomic E-state index is 0.303. The molecule has 5 nitrogen and oxygen atoms in total. The summed E-state index contributed by atoms with van der Waals surface area (Å²) in [6.07, 6.45) is 0.945. The Morgan fingerprint density at radius 2 is 1.96 bits per heavy atom. The largest absolute Gasteiger partial charge is 0.389 e. The number of fused-ring (bicyclic) bond motifs is 3. The van der Waals surface area contributed by atoms with Crippen molar-refractivity contribution >= 4 is 33.2 Å². The predicted molar refractivity (Wildman–Crippen MR) is 105 cm³/mol. The Labute approximate surface area is 154 Å². The molecule has 0 radical (unpaired) electrons. The summed E-state index contributed by atoms with van der Waals surface area (Å²) in [5, 5.41) is 14.6. The molecule has 0 bridgehead atoms. The number of aromatic nitrogens is 2. The Morgan fingerprint density at radius 1 is 1.15 bits per heavy atom. The van der Waals surface area contributed by atoms with E-state index in [0.717, 1.165) is 16.8 Å². The maximum absolute atomic E-state index is 13.7. The van der Waals surface area contributed by atoms with E-state index in [-0.39, 0.29) is 5.56 Å². The molecule has 2 aromatic carbocycles. The highest BCUT2D eigenvalue weighted by Gasteiger charge is 2.13. The van der Waals surface area contributed by atoms with Gasteiger partial charge in [-0.15, -0.1) is 0 Å². The lowest BCUT2D eigenvalue weighted by Gasteiger charge is -2.15. The number of nitrogens with one attached hydrogen (secondary N) is 2. The molecule has 0 aliphatic rings. The molecule has 0 fully saturated rings. The van der Waals surface area contributed by atoms with Gasteiger partial charge in [0.1, 0.15) is 11.6 Å². The van der Waals surface area contributed by atoms with Crippen LogP contribution in [0.1, 0.15) is 24.2 Å². The first kappa shape index (κ1) is 17.2. The normalized spacial score (nSPS) is 12.4. The SMILES string of the molecule is Cc1ccc(C(C)O)cc1Nc1nc2ccc(F)cc2c2c(=O)[nH]ccc12. The van der Waals surface area contributed by atoms with Crippen LogP contribution in [0.25, 0.3) is 21.7 Å². The van der Waals surface area contributed by atoms with Gasteiger partial charge in [-0.3, -0.25) is 4.79 Å². The van der Waals surface area contributed by atoms with E-state index in [1.54, 1.807) is 25.3 Å². The third-order valence-electron chi connectivity index (χ3n) is 4.67. The first-order valence-corrected chi connectivity index (χ1v) is 8.60. The number of aromatic amines is 1. The van der Waals surface area contributed by atoms with Gasteiger partial charge in [0.2, 0.25) is 0 Å². The van der Waals surface area contributed by atoms with Gasteiger partial charge in [-0.25, -0.2) is 9.37 Å². The van der Waals surface area contributed by atoms with Gasteiger partial charge in [-0.05, 0) is 55.3 Å². The molecule has 4 rings (SSSR count). The minimum Gasteiger partial charge on any atom is -0.389 e. The number of H-pyrrole nitrogens is 1. The molecule has 27 heavy (non-hydrogen) atoms. The predicted octanol–water partition coefficient (Wildman–Crippen LogP) is 4.32. The quantitative estimate of drug-likeness (QED) is 0.474. The molecule has 0 aliphatic heterocycles. The lowest BCUT2D eigenvalue weighted by atomic mass is 10.1. The topological polar surface area (TPSA) is 78.0 Å². The number of hydrogen-bond donors (Lipinski definition) is 3. The molecule has 0 spiro atoms. The van der Waals surface area contributed by atoms with Gasteiger partial charge in [0.15, 0.2) is 0 Å². The molecule has 0 amide bonds. The first-order chi connectivity index (χ1) is 12.9. The van der Waals surface area contributed by atoms with E-state index in [4.69, 9.17) is 0 Å². The summed E-state index contributed by atoms with van der Waals surface area (Å²) < 4.78 is 13.7. The lowest BCUT2D eigenvalue weighted by molar-refractivity contribution is 0.199. The van der Waals surface area contributed by atoms with Crippen LogP contribution in [-0.4, -0.2) is 15.1 Å². The van der Waals surface area contributed by atoms with E-state index in [9.17, 15) is 14.3 Å². The number of rotatable bonds is 3. The fraction of sp³-hybridized carbons (Fsp3) is 0.143. The summed E-state index contributed by atoms with van der Waals surface area (Å²) >= 11 is 0. The highest BCUT2D eigenvalue weighted by molar-refractivity contribution is 6.10. The zero-order valence-electron chi connectivity index (χ0n) is 14.9. The maximum atomic E-state index is 13.7. The van der Waals surface area contributed by atoms with Crippen molar-refractivity contribution in [2.75, 3.05) is 5.32 Å². The average Bonchev–Trinajstić information content (AvgIpc) is 2.64. The second-order valence-corrected chi connectivity index (χ2v) is 6.59. The van der Waals surface area contributed by atoms with Gasteiger partial charge in [0, 0.05) is 22.7 Å². The van der Waals surface area contributed by atoms with Crippen molar-refractivity contribution in [2.45, 2.75) is 20.0 Å². The van der Waals surface area contributed by atoms with Gasteiger partial charge in [0.05, 0.1) is 17.0 Å². The minimum atomic E-state index is -0.599. The number of anilines is 2. The Bertz CT molecular complexity index is 1230. The molecule has 136 valence electrons. The summed E-state index contributed by atoms with van der Waals surface area (Å²) in [6.45, 7) is 3.64. The van der Waals surface area contributed by atoms with Crippen LogP contribution in [0, 0.1) is 12.7 Å². The fourth-order valence-electron chi connectivity index (χ4n) is 3.19. The van der Waals surface area contributed by atoms with E-state index in [0.29, 0.717) is 27.5 Å². The monoisotopic (exact) mass is 363 g/mol. The van der Waals surface area contributed by atoms with Crippen LogP contribution in [0.15, 0.2) is 53.5 Å². The summed E-state index contributed by atoms with van der Waals surface area (Å²) in [5.74, 6) is 0.0797. The number of aryl methyl sites for hydroxylation is 1. The van der Waals surface area contributed by atoms with Crippen molar-refractivity contribution in [3.05, 3.63) is 76.0 Å². The molecule has 0 aliphatic carbocycles.